The second kappa shape index (κ2) is 12.3. The summed E-state index contributed by atoms with van der Waals surface area (Å²) in [7, 11) is 0. The van der Waals surface area contributed by atoms with Gasteiger partial charge in [0.1, 0.15) is 5.70 Å². The van der Waals surface area contributed by atoms with Crippen LogP contribution in [0.1, 0.15) is 43.0 Å². The van der Waals surface area contributed by atoms with Crippen LogP contribution in [-0.2, 0) is 4.79 Å². The van der Waals surface area contributed by atoms with Crippen LogP contribution in [0.2, 0.25) is 0 Å². The zero-order valence-electron chi connectivity index (χ0n) is 21.3. The maximum absolute atomic E-state index is 13.2. The van der Waals surface area contributed by atoms with Crippen molar-refractivity contribution in [2.24, 2.45) is 0 Å². The maximum atomic E-state index is 13.2. The van der Waals surface area contributed by atoms with Gasteiger partial charge in [-0.25, -0.2) is 0 Å². The Morgan fingerprint density at radius 1 is 0.658 bits per heavy atom. The summed E-state index contributed by atoms with van der Waals surface area (Å²) in [5, 5.41) is 5.54. The van der Waals surface area contributed by atoms with Crippen LogP contribution in [0, 0.1) is 13.8 Å². The average Bonchev–Trinajstić information content (AvgIpc) is 2.93. The first kappa shape index (κ1) is 26.0. The van der Waals surface area contributed by atoms with Gasteiger partial charge in [-0.3, -0.25) is 14.4 Å². The summed E-state index contributed by atoms with van der Waals surface area (Å²) >= 11 is 0. The number of allylic oxidation sites excluding steroid dienone is 1. The van der Waals surface area contributed by atoms with Crippen LogP contribution in [0.15, 0.2) is 115 Å². The monoisotopic (exact) mass is 500 g/mol. The van der Waals surface area contributed by atoms with Crippen molar-refractivity contribution in [2.75, 3.05) is 5.32 Å². The Balaban J connectivity index is 1.49. The molecule has 0 saturated carbocycles. The molecule has 2 N–H and O–H groups in total. The van der Waals surface area contributed by atoms with Gasteiger partial charge in [0.2, 0.25) is 0 Å². The van der Waals surface area contributed by atoms with Crippen molar-refractivity contribution in [2.45, 2.75) is 13.8 Å². The molecule has 0 saturated heterocycles. The van der Waals surface area contributed by atoms with E-state index in [-0.39, 0.29) is 17.4 Å². The van der Waals surface area contributed by atoms with Crippen LogP contribution in [0.5, 0.6) is 0 Å². The first-order valence-electron chi connectivity index (χ1n) is 12.2. The first-order valence-corrected chi connectivity index (χ1v) is 12.2. The number of benzene rings is 4. The number of hydrogen-bond acceptors (Lipinski definition) is 3. The number of carbonyl (C=O) groups excluding carboxylic acids is 3. The number of ketones is 1. The van der Waals surface area contributed by atoms with E-state index in [0.717, 1.165) is 22.3 Å². The third-order valence-corrected chi connectivity index (χ3v) is 5.81. The molecule has 4 aromatic rings. The lowest BCUT2D eigenvalue weighted by molar-refractivity contribution is -0.113. The lowest BCUT2D eigenvalue weighted by atomic mass is 10.1. The minimum Gasteiger partial charge on any atom is -0.321 e. The summed E-state index contributed by atoms with van der Waals surface area (Å²) in [6, 6.07) is 30.8. The fourth-order valence-electron chi connectivity index (χ4n) is 3.73. The van der Waals surface area contributed by atoms with Gasteiger partial charge in [-0.1, -0.05) is 83.9 Å². The molecule has 0 fully saturated rings. The molecular formula is C33H28N2O3. The Morgan fingerprint density at radius 2 is 1.37 bits per heavy atom. The minimum absolute atomic E-state index is 0.101. The van der Waals surface area contributed by atoms with Gasteiger partial charge in [0.15, 0.2) is 5.78 Å². The Hall–Kier alpha value is -5.03. The van der Waals surface area contributed by atoms with Gasteiger partial charge in [-0.05, 0) is 73.5 Å². The van der Waals surface area contributed by atoms with Crippen LogP contribution in [0.25, 0.3) is 12.2 Å². The Kier molecular flexibility index (Phi) is 8.42. The second-order valence-electron chi connectivity index (χ2n) is 8.93. The van der Waals surface area contributed by atoms with Crippen molar-refractivity contribution in [3.63, 3.8) is 0 Å². The normalized spacial score (nSPS) is 11.3. The van der Waals surface area contributed by atoms with Gasteiger partial charge in [0.05, 0.1) is 0 Å². The summed E-state index contributed by atoms with van der Waals surface area (Å²) in [6.45, 7) is 3.98. The highest BCUT2D eigenvalue weighted by Crippen LogP contribution is 2.15. The minimum atomic E-state index is -0.478. The predicted molar refractivity (Wildman–Crippen MR) is 153 cm³/mol. The zero-order chi connectivity index (χ0) is 26.9. The molecule has 4 aromatic carbocycles. The molecule has 0 atom stereocenters. The number of rotatable bonds is 8. The van der Waals surface area contributed by atoms with Gasteiger partial charge in [-0.15, -0.1) is 0 Å². The van der Waals surface area contributed by atoms with Gasteiger partial charge in [0.25, 0.3) is 11.8 Å². The van der Waals surface area contributed by atoms with Crippen molar-refractivity contribution in [1.82, 2.24) is 5.32 Å². The number of nitrogens with one attached hydrogen (secondary N) is 2. The summed E-state index contributed by atoms with van der Waals surface area (Å²) < 4.78 is 0. The molecular weight excluding hydrogens is 472 g/mol. The van der Waals surface area contributed by atoms with Crippen molar-refractivity contribution < 1.29 is 14.4 Å². The molecule has 0 spiro atoms. The van der Waals surface area contributed by atoms with E-state index in [1.165, 1.54) is 6.08 Å². The zero-order valence-corrected chi connectivity index (χ0v) is 21.3. The topological polar surface area (TPSA) is 75.3 Å². The number of carbonyl (C=O) groups is 3. The average molecular weight is 501 g/mol. The van der Waals surface area contributed by atoms with Crippen molar-refractivity contribution >= 4 is 35.4 Å². The van der Waals surface area contributed by atoms with Crippen LogP contribution >= 0.6 is 0 Å². The molecule has 0 aliphatic rings. The highest BCUT2D eigenvalue weighted by Gasteiger charge is 2.15. The molecule has 2 amide bonds. The third-order valence-electron chi connectivity index (χ3n) is 5.81. The second-order valence-corrected chi connectivity index (χ2v) is 8.93. The highest BCUT2D eigenvalue weighted by molar-refractivity contribution is 6.11. The summed E-state index contributed by atoms with van der Waals surface area (Å²) in [4.78, 5) is 38.6. The Bertz CT molecular complexity index is 1500. The van der Waals surface area contributed by atoms with Gasteiger partial charge in [0, 0.05) is 16.8 Å². The molecule has 188 valence electrons. The smallest absolute Gasteiger partial charge is 0.272 e. The number of aryl methyl sites for hydroxylation is 2. The van der Waals surface area contributed by atoms with E-state index in [2.05, 4.69) is 10.6 Å². The molecule has 0 aliphatic carbocycles. The van der Waals surface area contributed by atoms with Gasteiger partial charge >= 0.3 is 0 Å². The summed E-state index contributed by atoms with van der Waals surface area (Å²) in [5.41, 5.74) is 5.47. The fourth-order valence-corrected chi connectivity index (χ4v) is 3.73. The molecule has 0 radical (unpaired) electrons. The first-order chi connectivity index (χ1) is 18.4. The molecule has 4 rings (SSSR count). The molecule has 38 heavy (non-hydrogen) atoms. The lowest BCUT2D eigenvalue weighted by Crippen LogP contribution is -2.30. The molecule has 5 nitrogen and oxygen atoms in total. The van der Waals surface area contributed by atoms with Crippen LogP contribution in [0.3, 0.4) is 0 Å². The van der Waals surface area contributed by atoms with Crippen molar-refractivity contribution in [3.8, 4) is 0 Å². The van der Waals surface area contributed by atoms with E-state index in [1.807, 2.05) is 68.4 Å². The predicted octanol–water partition coefficient (Wildman–Crippen LogP) is 6.61. The Labute approximate surface area is 222 Å². The number of hydrogen-bond donors (Lipinski definition) is 2. The molecule has 0 unspecified atom stereocenters. The molecule has 5 heteroatoms. The number of amides is 2. The molecule has 0 aliphatic heterocycles. The maximum Gasteiger partial charge on any atom is 0.272 e. The van der Waals surface area contributed by atoms with Gasteiger partial charge < -0.3 is 10.6 Å². The van der Waals surface area contributed by atoms with E-state index < -0.39 is 5.91 Å². The quantitative estimate of drug-likeness (QED) is 0.211. The van der Waals surface area contributed by atoms with E-state index in [4.69, 9.17) is 0 Å². The SMILES string of the molecule is Cc1ccc(/C=C(\NC(=O)c2ccccc2)C(=O)Nc2ccc(C(=O)/C=C/c3cccc(C)c3)cc2)cc1. The van der Waals surface area contributed by atoms with E-state index >= 15 is 0 Å². The molecule has 0 heterocycles. The lowest BCUT2D eigenvalue weighted by Gasteiger charge is -2.12. The third kappa shape index (κ3) is 7.24. The molecule has 0 aromatic heterocycles. The Morgan fingerprint density at radius 3 is 2.05 bits per heavy atom. The fraction of sp³-hybridized carbons (Fsp3) is 0.0606. The van der Waals surface area contributed by atoms with Crippen molar-refractivity contribution in [1.29, 1.82) is 0 Å². The highest BCUT2D eigenvalue weighted by atomic mass is 16.2. The van der Waals surface area contributed by atoms with E-state index in [0.29, 0.717) is 16.8 Å². The largest absolute Gasteiger partial charge is 0.321 e. The van der Waals surface area contributed by atoms with E-state index in [9.17, 15) is 14.4 Å². The van der Waals surface area contributed by atoms with Crippen LogP contribution in [-0.4, -0.2) is 17.6 Å². The van der Waals surface area contributed by atoms with Crippen LogP contribution < -0.4 is 10.6 Å². The standard InChI is InChI=1S/C33H28N2O3/c1-23-11-13-26(14-12-23)22-30(35-32(37)28-9-4-3-5-10-28)33(38)34-29-18-16-27(17-19-29)31(36)20-15-25-8-6-7-24(2)21-25/h3-22H,1-2H3,(H,34,38)(H,35,37)/b20-15+,30-22-. The number of anilines is 1. The molecule has 0 bridgehead atoms. The van der Waals surface area contributed by atoms with Gasteiger partial charge in [-0.2, -0.15) is 0 Å². The van der Waals surface area contributed by atoms with E-state index in [1.54, 1.807) is 60.7 Å². The summed E-state index contributed by atoms with van der Waals surface area (Å²) in [5.74, 6) is -1.01. The van der Waals surface area contributed by atoms with Crippen LogP contribution in [0.4, 0.5) is 5.69 Å². The van der Waals surface area contributed by atoms with Crippen molar-refractivity contribution in [3.05, 3.63) is 148 Å². The summed E-state index contributed by atoms with van der Waals surface area (Å²) in [6.07, 6.45) is 4.94.